The molecule has 1 saturated heterocycles. The molecule has 4 rings (SSSR count). The molecule has 11 heteroatoms. The molecule has 9 nitrogen and oxygen atoms in total. The average molecular weight is 586 g/mol. The number of amides is 2. The SMILES string of the molecule is CC(C)CN(C[C@@H](O)[C@H](Cc1ccccc1)NC(=O)[C@@H]1CN(C2=CC=CCC2)C(=O)O1)S(=O)(=O)c1ccc(F)cc1. The third kappa shape index (κ3) is 7.81. The number of carbonyl (C=O) groups is 2. The van der Waals surface area contributed by atoms with Gasteiger partial charge in [0.15, 0.2) is 6.10 Å². The third-order valence-electron chi connectivity index (χ3n) is 6.94. The van der Waals surface area contributed by atoms with Gasteiger partial charge in [-0.3, -0.25) is 9.69 Å². The van der Waals surface area contributed by atoms with Gasteiger partial charge in [-0.1, -0.05) is 56.3 Å². The number of nitrogens with zero attached hydrogens (tertiary/aromatic N) is 2. The molecule has 0 saturated carbocycles. The highest BCUT2D eigenvalue weighted by Gasteiger charge is 2.39. The van der Waals surface area contributed by atoms with Crippen molar-refractivity contribution in [3.8, 4) is 0 Å². The van der Waals surface area contributed by atoms with Crippen molar-refractivity contribution in [2.24, 2.45) is 5.92 Å². The molecular formula is C30H36FN3O6S. The molecule has 0 bridgehead atoms. The fraction of sp³-hybridized carbons (Fsp3) is 0.400. The van der Waals surface area contributed by atoms with E-state index in [0.29, 0.717) is 6.42 Å². The molecule has 220 valence electrons. The molecule has 2 amide bonds. The Morgan fingerprint density at radius 1 is 1.15 bits per heavy atom. The zero-order valence-corrected chi connectivity index (χ0v) is 24.0. The Balaban J connectivity index is 1.53. The van der Waals surface area contributed by atoms with E-state index in [1.165, 1.54) is 17.0 Å². The van der Waals surface area contributed by atoms with Crippen molar-refractivity contribution in [2.45, 2.75) is 56.3 Å². The molecular weight excluding hydrogens is 549 g/mol. The van der Waals surface area contributed by atoms with Gasteiger partial charge in [0, 0.05) is 18.8 Å². The minimum atomic E-state index is -4.08. The maximum atomic E-state index is 13.5. The van der Waals surface area contributed by atoms with Crippen LogP contribution in [0, 0.1) is 11.7 Å². The molecule has 1 heterocycles. The van der Waals surface area contributed by atoms with Crippen LogP contribution in [-0.2, 0) is 26.0 Å². The summed E-state index contributed by atoms with van der Waals surface area (Å²) in [5, 5.41) is 14.2. The molecule has 2 aromatic rings. The second-order valence-corrected chi connectivity index (χ2v) is 12.6. The van der Waals surface area contributed by atoms with Gasteiger partial charge in [-0.2, -0.15) is 4.31 Å². The van der Waals surface area contributed by atoms with Crippen molar-refractivity contribution in [1.82, 2.24) is 14.5 Å². The van der Waals surface area contributed by atoms with Crippen LogP contribution in [0.25, 0.3) is 0 Å². The lowest BCUT2D eigenvalue weighted by molar-refractivity contribution is -0.129. The number of hydrogen-bond acceptors (Lipinski definition) is 6. The molecule has 0 radical (unpaired) electrons. The largest absolute Gasteiger partial charge is 0.434 e. The van der Waals surface area contributed by atoms with E-state index >= 15 is 0 Å². The lowest BCUT2D eigenvalue weighted by Gasteiger charge is -2.31. The van der Waals surface area contributed by atoms with Crippen LogP contribution < -0.4 is 5.32 Å². The van der Waals surface area contributed by atoms with Gasteiger partial charge in [0.2, 0.25) is 10.0 Å². The summed E-state index contributed by atoms with van der Waals surface area (Å²) in [6.07, 6.45) is 4.30. The van der Waals surface area contributed by atoms with Crippen LogP contribution >= 0.6 is 0 Å². The Kier molecular flexibility index (Phi) is 9.95. The second-order valence-electron chi connectivity index (χ2n) is 10.6. The number of aliphatic hydroxyl groups is 1. The Morgan fingerprint density at radius 3 is 2.49 bits per heavy atom. The summed E-state index contributed by atoms with van der Waals surface area (Å²) >= 11 is 0. The zero-order chi connectivity index (χ0) is 29.6. The van der Waals surface area contributed by atoms with E-state index in [-0.39, 0.29) is 36.9 Å². The standard InChI is InChI=1S/C30H36FN3O6S/c1-21(2)18-33(41(38,39)25-15-13-23(31)14-16-25)19-27(35)26(17-22-9-5-3-6-10-22)32-29(36)28-20-34(30(37)40-28)24-11-7-4-8-12-24/h3-7,9-11,13-16,21,26-28,35H,8,12,17-20H2,1-2H3,(H,32,36)/t26-,27+,28-/m0/s1. The number of carbonyl (C=O) groups excluding carboxylic acids is 2. The number of allylic oxidation sites excluding steroid dienone is 4. The summed E-state index contributed by atoms with van der Waals surface area (Å²) in [5.74, 6) is -1.22. The predicted octanol–water partition coefficient (Wildman–Crippen LogP) is 3.62. The first-order chi connectivity index (χ1) is 19.5. The molecule has 2 aliphatic rings. The van der Waals surface area contributed by atoms with E-state index in [4.69, 9.17) is 4.74 Å². The monoisotopic (exact) mass is 585 g/mol. The predicted molar refractivity (Wildman–Crippen MR) is 152 cm³/mol. The van der Waals surface area contributed by atoms with Crippen molar-refractivity contribution >= 4 is 22.0 Å². The van der Waals surface area contributed by atoms with Gasteiger partial charge in [-0.05, 0) is 61.1 Å². The lowest BCUT2D eigenvalue weighted by atomic mass is 10.0. The van der Waals surface area contributed by atoms with Gasteiger partial charge in [0.05, 0.1) is 23.6 Å². The van der Waals surface area contributed by atoms with E-state index in [9.17, 15) is 27.5 Å². The quantitative estimate of drug-likeness (QED) is 0.393. The number of sulfonamides is 1. The minimum Gasteiger partial charge on any atom is -0.434 e. The van der Waals surface area contributed by atoms with E-state index in [1.807, 2.05) is 62.4 Å². The van der Waals surface area contributed by atoms with Crippen LogP contribution in [-0.4, -0.2) is 72.6 Å². The van der Waals surface area contributed by atoms with Gasteiger partial charge in [-0.15, -0.1) is 0 Å². The Labute approximate surface area is 240 Å². The number of benzene rings is 2. The molecule has 2 N–H and O–H groups in total. The summed E-state index contributed by atoms with van der Waals surface area (Å²) < 4.78 is 47.0. The van der Waals surface area contributed by atoms with Gasteiger partial charge in [0.1, 0.15) is 5.82 Å². The van der Waals surface area contributed by atoms with Crippen LogP contribution in [0.4, 0.5) is 9.18 Å². The van der Waals surface area contributed by atoms with Crippen LogP contribution in [0.2, 0.25) is 0 Å². The Hall–Kier alpha value is -3.54. The van der Waals surface area contributed by atoms with Crippen LogP contribution in [0.5, 0.6) is 0 Å². The summed E-state index contributed by atoms with van der Waals surface area (Å²) in [6, 6.07) is 12.8. The Bertz CT molecular complexity index is 1380. The molecule has 41 heavy (non-hydrogen) atoms. The number of nitrogens with one attached hydrogen (secondary N) is 1. The van der Waals surface area contributed by atoms with E-state index in [0.717, 1.165) is 34.1 Å². The molecule has 1 fully saturated rings. The maximum Gasteiger partial charge on any atom is 0.415 e. The minimum absolute atomic E-state index is 0.0386. The van der Waals surface area contributed by atoms with E-state index in [1.54, 1.807) is 0 Å². The fourth-order valence-corrected chi connectivity index (χ4v) is 6.47. The third-order valence-corrected chi connectivity index (χ3v) is 8.79. The first-order valence-corrected chi connectivity index (χ1v) is 15.1. The van der Waals surface area contributed by atoms with Crippen LogP contribution in [0.15, 0.2) is 83.4 Å². The van der Waals surface area contributed by atoms with E-state index < -0.39 is 46.1 Å². The van der Waals surface area contributed by atoms with E-state index in [2.05, 4.69) is 5.32 Å². The first-order valence-electron chi connectivity index (χ1n) is 13.7. The van der Waals surface area contributed by atoms with Gasteiger partial charge in [-0.25, -0.2) is 17.6 Å². The molecule has 1 aliphatic heterocycles. The normalized spacial score (nSPS) is 18.8. The number of cyclic esters (lactones) is 1. The smallest absolute Gasteiger partial charge is 0.415 e. The van der Waals surface area contributed by atoms with Crippen molar-refractivity contribution in [3.63, 3.8) is 0 Å². The fourth-order valence-electron chi connectivity index (χ4n) is 4.85. The highest BCUT2D eigenvalue weighted by atomic mass is 32.2. The molecule has 0 spiro atoms. The number of halogens is 1. The maximum absolute atomic E-state index is 13.5. The highest BCUT2D eigenvalue weighted by Crippen LogP contribution is 2.24. The van der Waals surface area contributed by atoms with Gasteiger partial charge in [0.25, 0.3) is 5.91 Å². The van der Waals surface area contributed by atoms with Gasteiger partial charge < -0.3 is 15.2 Å². The zero-order valence-electron chi connectivity index (χ0n) is 23.1. The van der Waals surface area contributed by atoms with Crippen molar-refractivity contribution in [1.29, 1.82) is 0 Å². The van der Waals surface area contributed by atoms with Crippen molar-refractivity contribution in [3.05, 3.63) is 89.9 Å². The second kappa shape index (κ2) is 13.4. The topological polar surface area (TPSA) is 116 Å². The molecule has 1 aliphatic carbocycles. The molecule has 0 unspecified atom stereocenters. The number of aliphatic hydroxyl groups excluding tert-OH is 1. The summed E-state index contributed by atoms with van der Waals surface area (Å²) in [6.45, 7) is 3.52. The molecule has 2 aromatic carbocycles. The van der Waals surface area contributed by atoms with Crippen LogP contribution in [0.3, 0.4) is 0 Å². The molecule has 3 atom stereocenters. The number of ether oxygens (including phenoxy) is 1. The van der Waals surface area contributed by atoms with Crippen molar-refractivity contribution < 1.29 is 32.2 Å². The van der Waals surface area contributed by atoms with Gasteiger partial charge >= 0.3 is 6.09 Å². The lowest BCUT2D eigenvalue weighted by Crippen LogP contribution is -2.53. The first kappa shape index (κ1) is 30.4. The average Bonchev–Trinajstić information content (AvgIpc) is 3.35. The number of rotatable bonds is 12. The highest BCUT2D eigenvalue weighted by molar-refractivity contribution is 7.89. The van der Waals surface area contributed by atoms with Crippen molar-refractivity contribution in [2.75, 3.05) is 19.6 Å². The molecule has 0 aromatic heterocycles. The summed E-state index contributed by atoms with van der Waals surface area (Å²) in [4.78, 5) is 27.2. The van der Waals surface area contributed by atoms with Crippen LogP contribution in [0.1, 0.15) is 32.3 Å². The summed E-state index contributed by atoms with van der Waals surface area (Å²) in [5.41, 5.74) is 1.59. The number of hydrogen-bond donors (Lipinski definition) is 2. The Morgan fingerprint density at radius 2 is 1.85 bits per heavy atom. The summed E-state index contributed by atoms with van der Waals surface area (Å²) in [7, 11) is -4.08.